The van der Waals surface area contributed by atoms with Crippen LogP contribution in [-0.4, -0.2) is 60.2 Å². The van der Waals surface area contributed by atoms with Crippen molar-refractivity contribution in [2.75, 3.05) is 50.1 Å². The molecule has 3 heterocycles. The number of carbonyl (C=O) groups is 1. The molecule has 0 bridgehead atoms. The van der Waals surface area contributed by atoms with Crippen LogP contribution in [0.1, 0.15) is 32.1 Å². The average Bonchev–Trinajstić information content (AvgIpc) is 3.27. The van der Waals surface area contributed by atoms with Crippen molar-refractivity contribution in [2.24, 2.45) is 5.92 Å². The molecule has 2 aliphatic rings. The van der Waals surface area contributed by atoms with Crippen LogP contribution in [0, 0.1) is 5.92 Å². The summed E-state index contributed by atoms with van der Waals surface area (Å²) in [5, 5.41) is 3.07. The zero-order chi connectivity index (χ0) is 23.3. The number of hydrogen-bond donors (Lipinski definition) is 1. The summed E-state index contributed by atoms with van der Waals surface area (Å²) in [7, 11) is 1.64. The minimum absolute atomic E-state index is 0.0181. The van der Waals surface area contributed by atoms with Gasteiger partial charge in [0.1, 0.15) is 5.75 Å². The first kappa shape index (κ1) is 22.7. The quantitative estimate of drug-likeness (QED) is 0.566. The number of carbonyl (C=O) groups excluding carboxylic acids is 1. The fraction of sp³-hybridized carbons (Fsp3) is 0.481. The van der Waals surface area contributed by atoms with Crippen LogP contribution in [0.2, 0.25) is 0 Å². The Morgan fingerprint density at radius 3 is 2.44 bits per heavy atom. The smallest absolute Gasteiger partial charge is 0.227 e. The third-order valence-electron chi connectivity index (χ3n) is 7.23. The predicted octanol–water partition coefficient (Wildman–Crippen LogP) is 4.39. The van der Waals surface area contributed by atoms with E-state index in [1.54, 1.807) is 7.11 Å². The van der Waals surface area contributed by atoms with Gasteiger partial charge in [0.2, 0.25) is 11.9 Å². The van der Waals surface area contributed by atoms with E-state index >= 15 is 0 Å². The van der Waals surface area contributed by atoms with Crippen LogP contribution in [-0.2, 0) is 11.3 Å². The Kier molecular flexibility index (Phi) is 7.00. The van der Waals surface area contributed by atoms with Crippen molar-refractivity contribution in [3.63, 3.8) is 0 Å². The van der Waals surface area contributed by atoms with Crippen molar-refractivity contribution in [1.82, 2.24) is 14.5 Å². The second kappa shape index (κ2) is 10.5. The standard InChI is InChI=1S/C27H35N5O2/c1-34-23-11-9-22(10-12-23)28-26(33)21-13-17-31(18-14-21)27-29-24-7-3-4-8-25(24)32(27)20-19-30-15-5-2-6-16-30/h3-4,7-12,21H,2,5-6,13-20H2,1H3,(H,28,33). The molecule has 1 N–H and O–H groups in total. The van der Waals surface area contributed by atoms with Gasteiger partial charge in [0.05, 0.1) is 18.1 Å². The molecule has 1 amide bonds. The van der Waals surface area contributed by atoms with Crippen LogP contribution in [0.25, 0.3) is 11.0 Å². The molecule has 1 aromatic heterocycles. The summed E-state index contributed by atoms with van der Waals surface area (Å²) in [5.74, 6) is 1.95. The lowest BCUT2D eigenvalue weighted by Gasteiger charge is -2.33. The maximum atomic E-state index is 12.9. The lowest BCUT2D eigenvalue weighted by atomic mass is 9.96. The predicted molar refractivity (Wildman–Crippen MR) is 137 cm³/mol. The van der Waals surface area contributed by atoms with Gasteiger partial charge in [0, 0.05) is 37.8 Å². The van der Waals surface area contributed by atoms with Crippen LogP contribution in [0.4, 0.5) is 11.6 Å². The summed E-state index contributed by atoms with van der Waals surface area (Å²) in [6.07, 6.45) is 5.64. The molecule has 0 unspecified atom stereocenters. The number of methoxy groups -OCH3 is 1. The molecule has 2 fully saturated rings. The van der Waals surface area contributed by atoms with Crippen molar-refractivity contribution in [2.45, 2.75) is 38.6 Å². The molecular weight excluding hydrogens is 426 g/mol. The lowest BCUT2D eigenvalue weighted by Crippen LogP contribution is -2.40. The number of piperidine rings is 2. The van der Waals surface area contributed by atoms with Crippen LogP contribution in [0.15, 0.2) is 48.5 Å². The van der Waals surface area contributed by atoms with Gasteiger partial charge in [-0.3, -0.25) is 4.79 Å². The van der Waals surface area contributed by atoms with E-state index in [9.17, 15) is 4.79 Å². The van der Waals surface area contributed by atoms with Gasteiger partial charge in [-0.15, -0.1) is 0 Å². The highest BCUT2D eigenvalue weighted by atomic mass is 16.5. The maximum absolute atomic E-state index is 12.9. The molecule has 5 rings (SSSR count). The lowest BCUT2D eigenvalue weighted by molar-refractivity contribution is -0.120. The van der Waals surface area contributed by atoms with Gasteiger partial charge in [-0.25, -0.2) is 4.98 Å². The second-order valence-electron chi connectivity index (χ2n) is 9.43. The molecule has 7 nitrogen and oxygen atoms in total. The third-order valence-corrected chi connectivity index (χ3v) is 7.23. The molecule has 3 aromatic rings. The monoisotopic (exact) mass is 461 g/mol. The van der Waals surface area contributed by atoms with E-state index in [1.165, 1.54) is 37.9 Å². The van der Waals surface area contributed by atoms with Gasteiger partial charge in [0.15, 0.2) is 0 Å². The Morgan fingerprint density at radius 2 is 1.71 bits per heavy atom. The Balaban J connectivity index is 1.24. The van der Waals surface area contributed by atoms with E-state index in [4.69, 9.17) is 9.72 Å². The van der Waals surface area contributed by atoms with E-state index in [1.807, 2.05) is 24.3 Å². The first-order valence-electron chi connectivity index (χ1n) is 12.6. The summed E-state index contributed by atoms with van der Waals surface area (Å²) < 4.78 is 7.59. The van der Waals surface area contributed by atoms with Gasteiger partial charge >= 0.3 is 0 Å². The van der Waals surface area contributed by atoms with Crippen molar-refractivity contribution in [3.8, 4) is 5.75 Å². The van der Waals surface area contributed by atoms with Gasteiger partial charge < -0.3 is 24.4 Å². The highest BCUT2D eigenvalue weighted by molar-refractivity contribution is 5.92. The summed E-state index contributed by atoms with van der Waals surface area (Å²) in [5.41, 5.74) is 3.07. The maximum Gasteiger partial charge on any atom is 0.227 e. The van der Waals surface area contributed by atoms with E-state index in [0.717, 1.165) is 61.9 Å². The number of para-hydroxylation sites is 2. The number of amides is 1. The number of imidazole rings is 1. The normalized spacial score (nSPS) is 17.7. The zero-order valence-electron chi connectivity index (χ0n) is 20.1. The van der Waals surface area contributed by atoms with Crippen molar-refractivity contribution in [3.05, 3.63) is 48.5 Å². The number of hydrogen-bond acceptors (Lipinski definition) is 5. The fourth-order valence-corrected chi connectivity index (χ4v) is 5.21. The number of nitrogens with one attached hydrogen (secondary N) is 1. The molecule has 34 heavy (non-hydrogen) atoms. The number of aromatic nitrogens is 2. The molecule has 2 aliphatic heterocycles. The first-order valence-corrected chi connectivity index (χ1v) is 12.6. The molecule has 2 aromatic carbocycles. The van der Waals surface area contributed by atoms with E-state index < -0.39 is 0 Å². The third kappa shape index (κ3) is 5.04. The minimum atomic E-state index is 0.0181. The number of nitrogens with zero attached hydrogens (tertiary/aromatic N) is 4. The Labute approximate surface area is 201 Å². The van der Waals surface area contributed by atoms with Crippen LogP contribution in [0.5, 0.6) is 5.75 Å². The number of fused-ring (bicyclic) bond motifs is 1. The molecular formula is C27H35N5O2. The SMILES string of the molecule is COc1ccc(NC(=O)C2CCN(c3nc4ccccc4n3CCN3CCCCC3)CC2)cc1. The largest absolute Gasteiger partial charge is 0.497 e. The summed E-state index contributed by atoms with van der Waals surface area (Å²) in [4.78, 5) is 22.8. The Bertz CT molecular complexity index is 1100. The number of anilines is 2. The highest BCUT2D eigenvalue weighted by Crippen LogP contribution is 2.28. The van der Waals surface area contributed by atoms with Gasteiger partial charge in [-0.1, -0.05) is 18.6 Å². The van der Waals surface area contributed by atoms with Crippen LogP contribution >= 0.6 is 0 Å². The van der Waals surface area contributed by atoms with Crippen molar-refractivity contribution in [1.29, 1.82) is 0 Å². The first-order chi connectivity index (χ1) is 16.7. The fourth-order valence-electron chi connectivity index (χ4n) is 5.21. The van der Waals surface area contributed by atoms with Crippen molar-refractivity contribution < 1.29 is 9.53 Å². The van der Waals surface area contributed by atoms with Crippen LogP contribution in [0.3, 0.4) is 0 Å². The second-order valence-corrected chi connectivity index (χ2v) is 9.43. The highest BCUT2D eigenvalue weighted by Gasteiger charge is 2.28. The molecule has 0 aliphatic carbocycles. The van der Waals surface area contributed by atoms with Gasteiger partial charge in [-0.2, -0.15) is 0 Å². The molecule has 0 saturated carbocycles. The van der Waals surface area contributed by atoms with Crippen molar-refractivity contribution >= 4 is 28.6 Å². The molecule has 0 radical (unpaired) electrons. The molecule has 2 saturated heterocycles. The number of rotatable bonds is 7. The minimum Gasteiger partial charge on any atom is -0.497 e. The molecule has 0 spiro atoms. The summed E-state index contributed by atoms with van der Waals surface area (Å²) in [6.45, 7) is 6.11. The number of benzene rings is 2. The molecule has 180 valence electrons. The van der Waals surface area contributed by atoms with E-state index in [2.05, 4.69) is 43.9 Å². The van der Waals surface area contributed by atoms with E-state index in [-0.39, 0.29) is 11.8 Å². The van der Waals surface area contributed by atoms with Gasteiger partial charge in [-0.05, 0) is 75.2 Å². The molecule has 7 heteroatoms. The summed E-state index contributed by atoms with van der Waals surface area (Å²) >= 11 is 0. The Hall–Kier alpha value is -3.06. The summed E-state index contributed by atoms with van der Waals surface area (Å²) in [6, 6.07) is 15.9. The molecule has 0 atom stereocenters. The number of likely N-dealkylation sites (tertiary alicyclic amines) is 1. The zero-order valence-corrected chi connectivity index (χ0v) is 20.1. The van der Waals surface area contributed by atoms with Crippen LogP contribution < -0.4 is 15.0 Å². The topological polar surface area (TPSA) is 62.6 Å². The van der Waals surface area contributed by atoms with E-state index in [0.29, 0.717) is 0 Å². The Morgan fingerprint density at radius 1 is 0.971 bits per heavy atom. The average molecular weight is 462 g/mol. The van der Waals surface area contributed by atoms with Gasteiger partial charge in [0.25, 0.3) is 0 Å². The number of ether oxygens (including phenoxy) is 1.